The molecule has 0 bridgehead atoms. The Morgan fingerprint density at radius 3 is 2.44 bits per heavy atom. The molecule has 0 aliphatic heterocycles. The number of fused-ring (bicyclic) bond motifs is 1. The highest BCUT2D eigenvalue weighted by Gasteiger charge is 2.08. The lowest BCUT2D eigenvalue weighted by Crippen LogP contribution is -2.21. The Morgan fingerprint density at radius 2 is 1.56 bits per heavy atom. The van der Waals surface area contributed by atoms with E-state index in [0.717, 1.165) is 17.1 Å². The smallest absolute Gasteiger partial charge is 0.261 e. The lowest BCUT2D eigenvalue weighted by molar-refractivity contribution is 0.473. The topological polar surface area (TPSA) is 44.1 Å². The van der Waals surface area contributed by atoms with E-state index in [2.05, 4.69) is 4.98 Å². The van der Waals surface area contributed by atoms with Crippen molar-refractivity contribution in [2.24, 2.45) is 0 Å². The first-order chi connectivity index (χ1) is 12.3. The van der Waals surface area contributed by atoms with E-state index < -0.39 is 0 Å². The number of para-hydroxylation sites is 3. The van der Waals surface area contributed by atoms with Crippen molar-refractivity contribution in [1.29, 1.82) is 0 Å². The molecule has 0 unspecified atom stereocenters. The highest BCUT2D eigenvalue weighted by molar-refractivity contribution is 5.76. The van der Waals surface area contributed by atoms with E-state index in [9.17, 15) is 4.79 Å². The Hall–Kier alpha value is -3.40. The number of rotatable bonds is 4. The Kier molecular flexibility index (Phi) is 4.01. The third-order valence-corrected chi connectivity index (χ3v) is 4.02. The maximum atomic E-state index is 12.7. The van der Waals surface area contributed by atoms with Crippen molar-refractivity contribution in [3.05, 3.63) is 101 Å². The summed E-state index contributed by atoms with van der Waals surface area (Å²) >= 11 is 0. The minimum absolute atomic E-state index is 0.0554. The molecule has 1 aromatic heterocycles. The van der Waals surface area contributed by atoms with Gasteiger partial charge in [-0.05, 0) is 30.3 Å². The van der Waals surface area contributed by atoms with Crippen LogP contribution in [0.2, 0.25) is 0 Å². The van der Waals surface area contributed by atoms with Crippen LogP contribution in [0.25, 0.3) is 10.9 Å². The molecule has 0 aliphatic rings. The number of benzene rings is 3. The minimum Gasteiger partial charge on any atom is -0.457 e. The number of hydrogen-bond donors (Lipinski definition) is 0. The third kappa shape index (κ3) is 3.15. The van der Waals surface area contributed by atoms with E-state index in [4.69, 9.17) is 4.74 Å². The summed E-state index contributed by atoms with van der Waals surface area (Å²) in [5.41, 5.74) is 1.57. The zero-order chi connectivity index (χ0) is 17.1. The van der Waals surface area contributed by atoms with Crippen LogP contribution in [0.4, 0.5) is 0 Å². The summed E-state index contributed by atoms with van der Waals surface area (Å²) in [6.07, 6.45) is 1.59. The van der Waals surface area contributed by atoms with Gasteiger partial charge in [-0.25, -0.2) is 4.98 Å². The maximum absolute atomic E-state index is 12.7. The van der Waals surface area contributed by atoms with Crippen LogP contribution in [-0.4, -0.2) is 9.55 Å². The summed E-state index contributed by atoms with van der Waals surface area (Å²) < 4.78 is 7.58. The van der Waals surface area contributed by atoms with E-state index in [0.29, 0.717) is 17.4 Å². The zero-order valence-electron chi connectivity index (χ0n) is 13.5. The SMILES string of the molecule is O=c1c2ccccc2ncn1Cc1ccccc1Oc1ccccc1. The molecule has 0 spiro atoms. The van der Waals surface area contributed by atoms with E-state index in [1.165, 1.54) is 0 Å². The van der Waals surface area contributed by atoms with Gasteiger partial charge in [0.05, 0.1) is 23.8 Å². The maximum Gasteiger partial charge on any atom is 0.261 e. The molecule has 25 heavy (non-hydrogen) atoms. The average Bonchev–Trinajstić information content (AvgIpc) is 2.66. The molecule has 0 fully saturated rings. The summed E-state index contributed by atoms with van der Waals surface area (Å²) in [4.78, 5) is 17.1. The highest BCUT2D eigenvalue weighted by Crippen LogP contribution is 2.25. The van der Waals surface area contributed by atoms with Crippen molar-refractivity contribution >= 4 is 10.9 Å². The fourth-order valence-corrected chi connectivity index (χ4v) is 2.75. The second kappa shape index (κ2) is 6.61. The van der Waals surface area contributed by atoms with Crippen LogP contribution in [-0.2, 0) is 6.54 Å². The largest absolute Gasteiger partial charge is 0.457 e. The van der Waals surface area contributed by atoms with Crippen molar-refractivity contribution in [3.8, 4) is 11.5 Å². The molecular formula is C21H16N2O2. The van der Waals surface area contributed by atoms with Crippen LogP contribution in [0.3, 0.4) is 0 Å². The normalized spacial score (nSPS) is 10.7. The van der Waals surface area contributed by atoms with Crippen molar-refractivity contribution in [2.45, 2.75) is 6.54 Å². The molecule has 0 radical (unpaired) electrons. The highest BCUT2D eigenvalue weighted by atomic mass is 16.5. The number of nitrogens with zero attached hydrogens (tertiary/aromatic N) is 2. The molecule has 0 atom stereocenters. The fraction of sp³-hybridized carbons (Fsp3) is 0.0476. The van der Waals surface area contributed by atoms with Gasteiger partial charge < -0.3 is 4.74 Å². The molecule has 0 N–H and O–H groups in total. The molecule has 4 aromatic rings. The quantitative estimate of drug-likeness (QED) is 0.563. The van der Waals surface area contributed by atoms with Crippen molar-refractivity contribution in [1.82, 2.24) is 9.55 Å². The predicted molar refractivity (Wildman–Crippen MR) is 98.1 cm³/mol. The Labute approximate surface area is 145 Å². The van der Waals surface area contributed by atoms with Gasteiger partial charge >= 0.3 is 0 Å². The molecular weight excluding hydrogens is 312 g/mol. The van der Waals surface area contributed by atoms with Gasteiger partial charge in [0.1, 0.15) is 11.5 Å². The zero-order valence-corrected chi connectivity index (χ0v) is 13.5. The first-order valence-corrected chi connectivity index (χ1v) is 8.06. The van der Waals surface area contributed by atoms with Gasteiger partial charge in [0, 0.05) is 5.56 Å². The van der Waals surface area contributed by atoms with Gasteiger partial charge in [-0.3, -0.25) is 9.36 Å². The van der Waals surface area contributed by atoms with Crippen LogP contribution in [0.5, 0.6) is 11.5 Å². The van der Waals surface area contributed by atoms with Crippen LogP contribution in [0.15, 0.2) is 90.0 Å². The molecule has 4 rings (SSSR count). The van der Waals surface area contributed by atoms with E-state index in [1.54, 1.807) is 17.0 Å². The van der Waals surface area contributed by atoms with Crippen LogP contribution < -0.4 is 10.3 Å². The Bertz CT molecular complexity index is 1070. The summed E-state index contributed by atoms with van der Waals surface area (Å²) in [7, 11) is 0. The van der Waals surface area contributed by atoms with Crippen molar-refractivity contribution in [3.63, 3.8) is 0 Å². The minimum atomic E-state index is -0.0554. The van der Waals surface area contributed by atoms with Gasteiger partial charge in [-0.2, -0.15) is 0 Å². The van der Waals surface area contributed by atoms with Crippen LogP contribution >= 0.6 is 0 Å². The number of aromatic nitrogens is 2. The Balaban J connectivity index is 1.70. The lowest BCUT2D eigenvalue weighted by atomic mass is 10.2. The molecule has 4 nitrogen and oxygen atoms in total. The Morgan fingerprint density at radius 1 is 0.840 bits per heavy atom. The summed E-state index contributed by atoms with van der Waals surface area (Å²) in [6, 6.07) is 24.7. The molecule has 122 valence electrons. The van der Waals surface area contributed by atoms with E-state index >= 15 is 0 Å². The predicted octanol–water partition coefficient (Wildman–Crippen LogP) is 4.24. The number of ether oxygens (including phenoxy) is 1. The van der Waals surface area contributed by atoms with Crippen molar-refractivity contribution in [2.75, 3.05) is 0 Å². The van der Waals surface area contributed by atoms with Crippen molar-refractivity contribution < 1.29 is 4.74 Å². The molecule has 0 aliphatic carbocycles. The van der Waals surface area contributed by atoms with Crippen LogP contribution in [0, 0.1) is 0 Å². The van der Waals surface area contributed by atoms with Gasteiger partial charge in [-0.1, -0.05) is 48.5 Å². The van der Waals surface area contributed by atoms with Gasteiger partial charge in [0.25, 0.3) is 5.56 Å². The summed E-state index contributed by atoms with van der Waals surface area (Å²) in [5.74, 6) is 1.49. The lowest BCUT2D eigenvalue weighted by Gasteiger charge is -2.12. The summed E-state index contributed by atoms with van der Waals surface area (Å²) in [6.45, 7) is 0.402. The second-order valence-electron chi connectivity index (χ2n) is 5.72. The molecule has 0 saturated heterocycles. The average molecular weight is 328 g/mol. The second-order valence-corrected chi connectivity index (χ2v) is 5.72. The number of hydrogen-bond acceptors (Lipinski definition) is 3. The molecule has 0 saturated carbocycles. The first-order valence-electron chi connectivity index (χ1n) is 8.06. The van der Waals surface area contributed by atoms with Gasteiger partial charge in [-0.15, -0.1) is 0 Å². The third-order valence-electron chi connectivity index (χ3n) is 4.02. The standard InChI is InChI=1S/C21H16N2O2/c24-21-18-11-5-6-12-19(18)22-15-23(21)14-16-8-4-7-13-20(16)25-17-9-2-1-3-10-17/h1-13,15H,14H2. The van der Waals surface area contributed by atoms with Gasteiger partial charge in [0.15, 0.2) is 0 Å². The molecule has 0 amide bonds. The van der Waals surface area contributed by atoms with Gasteiger partial charge in [0.2, 0.25) is 0 Å². The molecule has 1 heterocycles. The van der Waals surface area contributed by atoms with E-state index in [1.807, 2.05) is 72.8 Å². The first kappa shape index (κ1) is 15.1. The molecule has 4 heteroatoms. The fourth-order valence-electron chi connectivity index (χ4n) is 2.75. The van der Waals surface area contributed by atoms with Crippen LogP contribution in [0.1, 0.15) is 5.56 Å². The van der Waals surface area contributed by atoms with E-state index in [-0.39, 0.29) is 5.56 Å². The molecule has 3 aromatic carbocycles. The summed E-state index contributed by atoms with van der Waals surface area (Å²) in [5, 5.41) is 0.617. The monoisotopic (exact) mass is 328 g/mol.